The number of amides is 2. The normalized spacial score (nSPS) is 22.9. The lowest BCUT2D eigenvalue weighted by atomic mass is 9.91. The van der Waals surface area contributed by atoms with Gasteiger partial charge in [-0.2, -0.15) is 0 Å². The summed E-state index contributed by atoms with van der Waals surface area (Å²) in [4.78, 5) is 52.3. The first-order chi connectivity index (χ1) is 17.0. The van der Waals surface area contributed by atoms with E-state index in [-0.39, 0.29) is 26.1 Å². The molecule has 0 spiro atoms. The molecule has 1 aliphatic heterocycles. The average Bonchev–Trinajstić information content (AvgIpc) is 2.85. The van der Waals surface area contributed by atoms with Crippen LogP contribution < -0.4 is 10.6 Å². The third-order valence-corrected chi connectivity index (χ3v) is 6.12. The fourth-order valence-electron chi connectivity index (χ4n) is 3.63. The van der Waals surface area contributed by atoms with Crippen LogP contribution in [0.2, 0.25) is 0 Å². The largest absolute Gasteiger partial charge is 0.463 e. The lowest BCUT2D eigenvalue weighted by molar-refractivity contribution is -0.159. The van der Waals surface area contributed by atoms with Gasteiger partial charge >= 0.3 is 11.9 Å². The number of carbonyl (C=O) groups is 4. The molecule has 2 atom stereocenters. The molecule has 36 heavy (non-hydrogen) atoms. The summed E-state index contributed by atoms with van der Waals surface area (Å²) < 4.78 is 11.0. The molecule has 2 amide bonds. The minimum atomic E-state index is -1.13. The van der Waals surface area contributed by atoms with Gasteiger partial charge < -0.3 is 20.1 Å². The van der Waals surface area contributed by atoms with Crippen LogP contribution in [0.4, 0.5) is 0 Å². The summed E-state index contributed by atoms with van der Waals surface area (Å²) in [6.07, 6.45) is 0.431. The number of benzene rings is 2. The molecule has 8 nitrogen and oxygen atoms in total. The molecule has 3 rings (SSSR count). The van der Waals surface area contributed by atoms with E-state index in [0.717, 1.165) is 11.1 Å². The Hall–Kier alpha value is -3.68. The number of cyclic esters (lactones) is 2. The van der Waals surface area contributed by atoms with Crippen LogP contribution in [0.5, 0.6) is 0 Å². The molecular formula is C28H34N2O6. The summed E-state index contributed by atoms with van der Waals surface area (Å²) in [5.74, 6) is -2.18. The SMILES string of the molecule is CC1(C)COC(=O)C(Cc2ccccc2)NC(=O)C(C)(C)COC(=O)C(Cc2ccccc2)NC1=O. The highest BCUT2D eigenvalue weighted by Gasteiger charge is 2.38. The fourth-order valence-corrected chi connectivity index (χ4v) is 3.63. The zero-order valence-electron chi connectivity index (χ0n) is 21.2. The zero-order chi connectivity index (χ0) is 26.3. The second-order valence-corrected chi connectivity index (χ2v) is 10.4. The van der Waals surface area contributed by atoms with Crippen molar-refractivity contribution in [1.82, 2.24) is 10.6 Å². The second-order valence-electron chi connectivity index (χ2n) is 10.4. The van der Waals surface area contributed by atoms with E-state index in [9.17, 15) is 19.2 Å². The maximum atomic E-state index is 13.1. The molecule has 1 heterocycles. The Morgan fingerprint density at radius 3 is 1.31 bits per heavy atom. The number of esters is 2. The molecule has 0 bridgehead atoms. The first-order valence-corrected chi connectivity index (χ1v) is 12.0. The van der Waals surface area contributed by atoms with Gasteiger partial charge in [0.2, 0.25) is 11.8 Å². The number of nitrogens with one attached hydrogen (secondary N) is 2. The van der Waals surface area contributed by atoms with Crippen molar-refractivity contribution < 1.29 is 28.7 Å². The third kappa shape index (κ3) is 7.16. The van der Waals surface area contributed by atoms with E-state index < -0.39 is 46.7 Å². The predicted molar refractivity (Wildman–Crippen MR) is 134 cm³/mol. The maximum absolute atomic E-state index is 13.1. The van der Waals surface area contributed by atoms with Gasteiger partial charge in [0.1, 0.15) is 25.3 Å². The van der Waals surface area contributed by atoms with Crippen LogP contribution in [0, 0.1) is 10.8 Å². The molecule has 0 radical (unpaired) electrons. The molecule has 2 aromatic rings. The van der Waals surface area contributed by atoms with Gasteiger partial charge in [-0.1, -0.05) is 60.7 Å². The van der Waals surface area contributed by atoms with Crippen molar-refractivity contribution in [2.75, 3.05) is 13.2 Å². The van der Waals surface area contributed by atoms with Crippen molar-refractivity contribution in [2.24, 2.45) is 10.8 Å². The van der Waals surface area contributed by atoms with E-state index in [2.05, 4.69) is 10.6 Å². The number of rotatable bonds is 4. The van der Waals surface area contributed by atoms with Gasteiger partial charge in [-0.05, 0) is 38.8 Å². The standard InChI is InChI=1S/C28H34N2O6/c1-27(2)17-35-23(31)22(16-20-13-9-6-10-14-20)30-26(34)28(3,4)18-36-24(32)21(29-25(27)33)15-19-11-7-5-8-12-19/h5-14,21-22H,15-18H2,1-4H3,(H,29,33)(H,30,34). The van der Waals surface area contributed by atoms with Crippen LogP contribution in [0.25, 0.3) is 0 Å². The summed E-state index contributed by atoms with van der Waals surface area (Å²) in [7, 11) is 0. The van der Waals surface area contributed by atoms with Gasteiger partial charge in [-0.3, -0.25) is 9.59 Å². The van der Waals surface area contributed by atoms with E-state index in [4.69, 9.17) is 9.47 Å². The highest BCUT2D eigenvalue weighted by molar-refractivity contribution is 5.90. The first kappa shape index (κ1) is 26.9. The van der Waals surface area contributed by atoms with Gasteiger partial charge in [0, 0.05) is 12.8 Å². The maximum Gasteiger partial charge on any atom is 0.329 e. The smallest absolute Gasteiger partial charge is 0.329 e. The van der Waals surface area contributed by atoms with Gasteiger partial charge in [-0.25, -0.2) is 9.59 Å². The average molecular weight is 495 g/mol. The number of ether oxygens (including phenoxy) is 2. The van der Waals surface area contributed by atoms with Crippen LogP contribution in [-0.4, -0.2) is 49.1 Å². The molecule has 1 saturated heterocycles. The summed E-state index contributed by atoms with van der Waals surface area (Å²) in [6.45, 7) is 6.05. The zero-order valence-corrected chi connectivity index (χ0v) is 21.2. The Morgan fingerprint density at radius 1 is 0.639 bits per heavy atom. The van der Waals surface area contributed by atoms with Gasteiger partial charge in [-0.15, -0.1) is 0 Å². The summed E-state index contributed by atoms with van der Waals surface area (Å²) in [5.41, 5.74) is -0.581. The summed E-state index contributed by atoms with van der Waals surface area (Å²) in [5, 5.41) is 5.52. The van der Waals surface area contributed by atoms with Crippen LogP contribution in [0.3, 0.4) is 0 Å². The molecule has 2 aromatic carbocycles. The quantitative estimate of drug-likeness (QED) is 0.632. The fraction of sp³-hybridized carbons (Fsp3) is 0.429. The molecule has 0 aliphatic carbocycles. The predicted octanol–water partition coefficient (Wildman–Crippen LogP) is 2.59. The Labute approximate surface area is 211 Å². The molecule has 0 saturated carbocycles. The molecule has 1 fully saturated rings. The summed E-state index contributed by atoms with van der Waals surface area (Å²) in [6, 6.07) is 16.5. The molecule has 2 unspecified atom stereocenters. The van der Waals surface area contributed by atoms with Gasteiger partial charge in [0.05, 0.1) is 10.8 Å². The van der Waals surface area contributed by atoms with E-state index >= 15 is 0 Å². The topological polar surface area (TPSA) is 111 Å². The highest BCUT2D eigenvalue weighted by atomic mass is 16.5. The van der Waals surface area contributed by atoms with E-state index in [1.165, 1.54) is 0 Å². The lowest BCUT2D eigenvalue weighted by Crippen LogP contribution is -2.53. The molecule has 8 heteroatoms. The second kappa shape index (κ2) is 11.4. The highest BCUT2D eigenvalue weighted by Crippen LogP contribution is 2.21. The number of hydrogen-bond donors (Lipinski definition) is 2. The van der Waals surface area contributed by atoms with Crippen molar-refractivity contribution >= 4 is 23.8 Å². The van der Waals surface area contributed by atoms with E-state index in [0.29, 0.717) is 0 Å². The third-order valence-electron chi connectivity index (χ3n) is 6.12. The van der Waals surface area contributed by atoms with Gasteiger partial charge in [0.15, 0.2) is 0 Å². The Kier molecular flexibility index (Phi) is 8.50. The van der Waals surface area contributed by atoms with Crippen molar-refractivity contribution in [3.63, 3.8) is 0 Å². The van der Waals surface area contributed by atoms with Crippen LogP contribution in [0.1, 0.15) is 38.8 Å². The molecule has 1 aliphatic rings. The van der Waals surface area contributed by atoms with Gasteiger partial charge in [0.25, 0.3) is 0 Å². The van der Waals surface area contributed by atoms with Crippen molar-refractivity contribution in [1.29, 1.82) is 0 Å². The number of carbonyl (C=O) groups excluding carboxylic acids is 4. The Morgan fingerprint density at radius 2 is 0.972 bits per heavy atom. The molecule has 192 valence electrons. The minimum absolute atomic E-state index is 0.215. The number of hydrogen-bond acceptors (Lipinski definition) is 6. The molecule has 2 N–H and O–H groups in total. The van der Waals surface area contributed by atoms with Crippen LogP contribution in [-0.2, 0) is 41.5 Å². The molecular weight excluding hydrogens is 460 g/mol. The lowest BCUT2D eigenvalue weighted by Gasteiger charge is -2.31. The first-order valence-electron chi connectivity index (χ1n) is 12.0. The van der Waals surface area contributed by atoms with Crippen LogP contribution in [0.15, 0.2) is 60.7 Å². The van der Waals surface area contributed by atoms with E-state index in [1.807, 2.05) is 60.7 Å². The van der Waals surface area contributed by atoms with Crippen molar-refractivity contribution in [3.8, 4) is 0 Å². The van der Waals surface area contributed by atoms with Crippen LogP contribution >= 0.6 is 0 Å². The molecule has 0 aromatic heterocycles. The monoisotopic (exact) mass is 494 g/mol. The minimum Gasteiger partial charge on any atom is -0.463 e. The van der Waals surface area contributed by atoms with Crippen molar-refractivity contribution in [3.05, 3.63) is 71.8 Å². The Bertz CT molecular complexity index is 994. The summed E-state index contributed by atoms with van der Waals surface area (Å²) >= 11 is 0. The Balaban J connectivity index is 1.86. The van der Waals surface area contributed by atoms with E-state index in [1.54, 1.807) is 27.7 Å². The van der Waals surface area contributed by atoms with Crippen molar-refractivity contribution in [2.45, 2.75) is 52.6 Å².